The maximum Gasteiger partial charge on any atom is 0.433 e. The van der Waals surface area contributed by atoms with Crippen LogP contribution < -0.4 is 4.74 Å². The van der Waals surface area contributed by atoms with E-state index >= 15 is 0 Å². The molecule has 23 heavy (non-hydrogen) atoms. The second kappa shape index (κ2) is 5.88. The van der Waals surface area contributed by atoms with Crippen LogP contribution in [0.3, 0.4) is 0 Å². The van der Waals surface area contributed by atoms with Gasteiger partial charge in [-0.25, -0.2) is 14.7 Å². The summed E-state index contributed by atoms with van der Waals surface area (Å²) in [5, 5.41) is 9.08. The third kappa shape index (κ3) is 3.34. The number of nitrogens with zero attached hydrogens (tertiary/aromatic N) is 3. The number of pyridine rings is 1. The molecule has 0 spiro atoms. The van der Waals surface area contributed by atoms with E-state index in [0.717, 1.165) is 12.5 Å². The molecule has 2 aliphatic rings. The van der Waals surface area contributed by atoms with Crippen molar-refractivity contribution in [2.45, 2.75) is 37.7 Å². The normalized spacial score (nSPS) is 25.3. The first-order chi connectivity index (χ1) is 10.8. The average Bonchev–Trinajstić information content (AvgIpc) is 2.89. The van der Waals surface area contributed by atoms with Crippen LogP contribution in [0.4, 0.5) is 18.0 Å². The molecule has 2 fully saturated rings. The van der Waals surface area contributed by atoms with Gasteiger partial charge in [-0.1, -0.05) is 6.07 Å². The summed E-state index contributed by atoms with van der Waals surface area (Å²) in [6.45, 7) is 0.661. The largest absolute Gasteiger partial charge is 0.465 e. The fraction of sp³-hybridized carbons (Fsp3) is 0.571. The highest BCUT2D eigenvalue weighted by molar-refractivity contribution is 5.64. The number of hydrogen-bond acceptors (Lipinski definition) is 4. The Morgan fingerprint density at radius 2 is 2.09 bits per heavy atom. The zero-order chi connectivity index (χ0) is 16.6. The third-order valence-corrected chi connectivity index (χ3v) is 4.19. The van der Waals surface area contributed by atoms with Crippen LogP contribution in [0, 0.1) is 0 Å². The van der Waals surface area contributed by atoms with Crippen molar-refractivity contribution in [3.63, 3.8) is 0 Å². The number of amides is 1. The van der Waals surface area contributed by atoms with E-state index in [1.807, 2.05) is 4.90 Å². The quantitative estimate of drug-likeness (QED) is 0.902. The number of carbonyl (C=O) groups is 1. The van der Waals surface area contributed by atoms with Gasteiger partial charge in [0.25, 0.3) is 0 Å². The Morgan fingerprint density at radius 1 is 1.30 bits per heavy atom. The van der Waals surface area contributed by atoms with Crippen LogP contribution in [0.2, 0.25) is 0 Å². The molecular weight excluding hydrogens is 315 g/mol. The molecule has 0 unspecified atom stereocenters. The van der Waals surface area contributed by atoms with Crippen molar-refractivity contribution in [2.75, 3.05) is 13.2 Å². The van der Waals surface area contributed by atoms with Crippen LogP contribution >= 0.6 is 0 Å². The molecule has 0 bridgehead atoms. The maximum atomic E-state index is 12.7. The number of hydrogen-bond donors (Lipinski definition) is 1. The summed E-state index contributed by atoms with van der Waals surface area (Å²) in [5.41, 5.74) is -1.00. The molecule has 2 atom stereocenters. The molecule has 0 aromatic carbocycles. The number of alkyl halides is 3. The van der Waals surface area contributed by atoms with Crippen LogP contribution in [0.25, 0.3) is 0 Å². The Morgan fingerprint density at radius 3 is 2.78 bits per heavy atom. The Labute approximate surface area is 130 Å². The third-order valence-electron chi connectivity index (χ3n) is 4.19. The Hall–Kier alpha value is -2.03. The Balaban J connectivity index is 1.72. The SMILES string of the molecule is O=C(O)N1CC[C@@H]2CC[C@H](Oc3cccc(C(F)(F)F)n3)N2C1. The second-order valence-electron chi connectivity index (χ2n) is 5.65. The van der Waals surface area contributed by atoms with E-state index in [-0.39, 0.29) is 18.6 Å². The van der Waals surface area contributed by atoms with E-state index in [2.05, 4.69) is 4.98 Å². The summed E-state index contributed by atoms with van der Waals surface area (Å²) in [6.07, 6.45) is -3.83. The molecule has 1 amide bonds. The molecule has 126 valence electrons. The van der Waals surface area contributed by atoms with Crippen LogP contribution in [0.1, 0.15) is 25.0 Å². The molecule has 2 saturated heterocycles. The molecule has 3 rings (SSSR count). The highest BCUT2D eigenvalue weighted by Gasteiger charge is 2.40. The fourth-order valence-corrected chi connectivity index (χ4v) is 3.05. The number of ether oxygens (including phenoxy) is 1. The highest BCUT2D eigenvalue weighted by Crippen LogP contribution is 2.32. The van der Waals surface area contributed by atoms with E-state index < -0.39 is 24.2 Å². The molecule has 1 N–H and O–H groups in total. The summed E-state index contributed by atoms with van der Waals surface area (Å²) in [6, 6.07) is 3.71. The topological polar surface area (TPSA) is 65.9 Å². The Kier molecular flexibility index (Phi) is 4.05. The monoisotopic (exact) mass is 331 g/mol. The average molecular weight is 331 g/mol. The molecule has 9 heteroatoms. The summed E-state index contributed by atoms with van der Waals surface area (Å²) in [4.78, 5) is 17.7. The van der Waals surface area contributed by atoms with Crippen molar-refractivity contribution in [3.05, 3.63) is 23.9 Å². The maximum absolute atomic E-state index is 12.7. The van der Waals surface area contributed by atoms with Gasteiger partial charge in [-0.05, 0) is 25.3 Å². The van der Waals surface area contributed by atoms with Gasteiger partial charge in [0, 0.05) is 18.7 Å². The molecule has 3 heterocycles. The number of rotatable bonds is 2. The van der Waals surface area contributed by atoms with Gasteiger partial charge in [0.1, 0.15) is 5.69 Å². The smallest absolute Gasteiger partial charge is 0.433 e. The fourth-order valence-electron chi connectivity index (χ4n) is 3.05. The van der Waals surface area contributed by atoms with Gasteiger partial charge in [0.2, 0.25) is 5.88 Å². The van der Waals surface area contributed by atoms with Crippen LogP contribution in [0.5, 0.6) is 5.88 Å². The van der Waals surface area contributed by atoms with Gasteiger partial charge < -0.3 is 9.84 Å². The number of fused-ring (bicyclic) bond motifs is 1. The second-order valence-corrected chi connectivity index (χ2v) is 5.65. The van der Waals surface area contributed by atoms with Crippen molar-refractivity contribution in [3.8, 4) is 5.88 Å². The minimum absolute atomic E-state index is 0.0991. The lowest BCUT2D eigenvalue weighted by Gasteiger charge is -2.38. The summed E-state index contributed by atoms with van der Waals surface area (Å²) >= 11 is 0. The van der Waals surface area contributed by atoms with Crippen molar-refractivity contribution in [2.24, 2.45) is 0 Å². The first kappa shape index (κ1) is 15.9. The molecule has 0 aliphatic carbocycles. The first-order valence-corrected chi connectivity index (χ1v) is 7.29. The molecule has 1 aromatic heterocycles. The minimum atomic E-state index is -4.52. The van der Waals surface area contributed by atoms with Gasteiger partial charge >= 0.3 is 12.3 Å². The molecule has 0 saturated carbocycles. The van der Waals surface area contributed by atoms with Crippen LogP contribution in [-0.4, -0.2) is 51.5 Å². The van der Waals surface area contributed by atoms with Crippen molar-refractivity contribution in [1.82, 2.24) is 14.8 Å². The predicted octanol–water partition coefficient (Wildman–Crippen LogP) is 2.61. The number of halogens is 3. The van der Waals surface area contributed by atoms with Gasteiger partial charge in [-0.15, -0.1) is 0 Å². The lowest BCUT2D eigenvalue weighted by Crippen LogP contribution is -2.53. The van der Waals surface area contributed by atoms with E-state index in [9.17, 15) is 18.0 Å². The molecular formula is C14H16F3N3O3. The minimum Gasteiger partial charge on any atom is -0.465 e. The van der Waals surface area contributed by atoms with E-state index in [4.69, 9.17) is 9.84 Å². The van der Waals surface area contributed by atoms with Gasteiger partial charge in [-0.2, -0.15) is 13.2 Å². The van der Waals surface area contributed by atoms with Gasteiger partial charge in [0.15, 0.2) is 6.23 Å². The zero-order valence-corrected chi connectivity index (χ0v) is 12.2. The lowest BCUT2D eigenvalue weighted by molar-refractivity contribution is -0.141. The highest BCUT2D eigenvalue weighted by atomic mass is 19.4. The number of carboxylic acid groups (broad SMARTS) is 1. The van der Waals surface area contributed by atoms with E-state index in [0.29, 0.717) is 19.4 Å². The standard InChI is InChI=1S/C14H16F3N3O3/c15-14(16,17)10-2-1-3-11(18-10)23-12-5-4-9-6-7-19(13(21)22)8-20(9)12/h1-3,9,12H,4-8H2,(H,21,22)/t9-,12-/m0/s1. The van der Waals surface area contributed by atoms with Crippen molar-refractivity contribution in [1.29, 1.82) is 0 Å². The molecule has 6 nitrogen and oxygen atoms in total. The predicted molar refractivity (Wildman–Crippen MR) is 72.7 cm³/mol. The van der Waals surface area contributed by atoms with Gasteiger partial charge in [-0.3, -0.25) is 4.90 Å². The Bertz CT molecular complexity index is 596. The van der Waals surface area contributed by atoms with Crippen molar-refractivity contribution < 1.29 is 27.8 Å². The van der Waals surface area contributed by atoms with E-state index in [1.54, 1.807) is 0 Å². The molecule has 0 radical (unpaired) electrons. The van der Waals surface area contributed by atoms with E-state index in [1.165, 1.54) is 17.0 Å². The molecule has 1 aromatic rings. The van der Waals surface area contributed by atoms with Crippen molar-refractivity contribution >= 4 is 6.09 Å². The summed E-state index contributed by atoms with van der Waals surface area (Å²) in [5.74, 6) is -0.0991. The summed E-state index contributed by atoms with van der Waals surface area (Å²) in [7, 11) is 0. The van der Waals surface area contributed by atoms with Crippen LogP contribution in [-0.2, 0) is 6.18 Å². The lowest BCUT2D eigenvalue weighted by atomic mass is 10.1. The van der Waals surface area contributed by atoms with Gasteiger partial charge in [0.05, 0.1) is 6.67 Å². The zero-order valence-electron chi connectivity index (χ0n) is 12.2. The first-order valence-electron chi connectivity index (χ1n) is 7.29. The number of aromatic nitrogens is 1. The molecule has 2 aliphatic heterocycles. The summed E-state index contributed by atoms with van der Waals surface area (Å²) < 4.78 is 43.7. The van der Waals surface area contributed by atoms with Crippen LogP contribution in [0.15, 0.2) is 18.2 Å².